The molecule has 0 amide bonds. The van der Waals surface area contributed by atoms with Crippen molar-refractivity contribution in [3.63, 3.8) is 0 Å². The lowest BCUT2D eigenvalue weighted by Gasteiger charge is -2.43. The number of nitrogens with zero attached hydrogens (tertiary/aromatic N) is 1. The molecule has 3 nitrogen and oxygen atoms in total. The first kappa shape index (κ1) is 17.7. The summed E-state index contributed by atoms with van der Waals surface area (Å²) in [5, 5.41) is 10.4. The van der Waals surface area contributed by atoms with Gasteiger partial charge in [0, 0.05) is 26.1 Å². The highest BCUT2D eigenvalue weighted by atomic mass is 28.4. The van der Waals surface area contributed by atoms with Gasteiger partial charge >= 0.3 is 0 Å². The van der Waals surface area contributed by atoms with Crippen molar-refractivity contribution in [3.05, 3.63) is 35.9 Å². The van der Waals surface area contributed by atoms with Crippen molar-refractivity contribution in [1.29, 1.82) is 0 Å². The molecular weight excluding hydrogens is 290 g/mol. The molecule has 0 aliphatic carbocycles. The number of β-amino-alcohol motifs (C(OH)–C–C–N with tert-alkyl or cyclic N) is 1. The van der Waals surface area contributed by atoms with Crippen LogP contribution in [0.15, 0.2) is 30.3 Å². The van der Waals surface area contributed by atoms with Crippen LogP contribution in [-0.4, -0.2) is 43.6 Å². The quantitative estimate of drug-likeness (QED) is 0.859. The highest BCUT2D eigenvalue weighted by Gasteiger charge is 2.40. The summed E-state index contributed by atoms with van der Waals surface area (Å²) in [5.41, 5.74) is 1.29. The average Bonchev–Trinajstić information content (AvgIpc) is 2.37. The van der Waals surface area contributed by atoms with Gasteiger partial charge in [0.1, 0.15) is 0 Å². The first-order chi connectivity index (χ1) is 10.2. The summed E-state index contributed by atoms with van der Waals surface area (Å²) in [4.78, 5) is 2.32. The molecule has 1 saturated heterocycles. The molecule has 124 valence electrons. The number of aliphatic hydroxyl groups is 1. The van der Waals surface area contributed by atoms with E-state index in [4.69, 9.17) is 4.43 Å². The Labute approximate surface area is 136 Å². The average molecular weight is 322 g/mol. The second kappa shape index (κ2) is 6.83. The van der Waals surface area contributed by atoms with E-state index in [0.717, 1.165) is 26.1 Å². The minimum Gasteiger partial charge on any atom is -0.413 e. The van der Waals surface area contributed by atoms with Crippen LogP contribution in [0.1, 0.15) is 32.8 Å². The Morgan fingerprint density at radius 1 is 1.18 bits per heavy atom. The SMILES string of the molecule is CC(C)(C)[Si](C)(C)O[C@H]1C[C@H](O)CN(Cc2ccccc2)C1. The standard InChI is InChI=1S/C18H31NO2Si/c1-18(2,3)22(4,5)21-17-11-16(20)13-19(14-17)12-15-9-7-6-8-10-15/h6-10,16-17,20H,11-14H2,1-5H3/t16-,17-/m0/s1. The van der Waals surface area contributed by atoms with Crippen LogP contribution in [0.2, 0.25) is 18.1 Å². The predicted molar refractivity (Wildman–Crippen MR) is 94.4 cm³/mol. The third kappa shape index (κ3) is 4.65. The van der Waals surface area contributed by atoms with Gasteiger partial charge in [0.2, 0.25) is 0 Å². The van der Waals surface area contributed by atoms with E-state index in [9.17, 15) is 5.11 Å². The lowest BCUT2D eigenvalue weighted by Crippen LogP contribution is -2.52. The number of hydrogen-bond acceptors (Lipinski definition) is 3. The van der Waals surface area contributed by atoms with Crippen LogP contribution in [0.5, 0.6) is 0 Å². The zero-order valence-electron chi connectivity index (χ0n) is 14.7. The Bertz CT molecular complexity index is 470. The molecule has 0 radical (unpaired) electrons. The molecular formula is C18H31NO2Si. The van der Waals surface area contributed by atoms with Gasteiger partial charge in [0.05, 0.1) is 12.2 Å². The lowest BCUT2D eigenvalue weighted by atomic mass is 10.0. The fraction of sp³-hybridized carbons (Fsp3) is 0.667. The fourth-order valence-electron chi connectivity index (χ4n) is 2.76. The molecule has 4 heteroatoms. The molecule has 1 N–H and O–H groups in total. The van der Waals surface area contributed by atoms with Crippen LogP contribution >= 0.6 is 0 Å². The van der Waals surface area contributed by atoms with E-state index in [2.05, 4.69) is 63.0 Å². The summed E-state index contributed by atoms with van der Waals surface area (Å²) >= 11 is 0. The molecule has 1 aromatic rings. The topological polar surface area (TPSA) is 32.7 Å². The van der Waals surface area contributed by atoms with Crippen molar-refractivity contribution < 1.29 is 9.53 Å². The zero-order chi connectivity index (χ0) is 16.4. The summed E-state index contributed by atoms with van der Waals surface area (Å²) in [5.74, 6) is 0. The Kier molecular flexibility index (Phi) is 5.48. The largest absolute Gasteiger partial charge is 0.413 e. The van der Waals surface area contributed by atoms with Crippen LogP contribution in [0.4, 0.5) is 0 Å². The van der Waals surface area contributed by atoms with Gasteiger partial charge in [-0.2, -0.15) is 0 Å². The van der Waals surface area contributed by atoms with E-state index in [0.29, 0.717) is 0 Å². The van der Waals surface area contributed by atoms with Crippen molar-refractivity contribution in [3.8, 4) is 0 Å². The summed E-state index contributed by atoms with van der Waals surface area (Å²) in [6.07, 6.45) is 0.623. The molecule has 0 bridgehead atoms. The predicted octanol–water partition coefficient (Wildman–Crippen LogP) is 3.64. The van der Waals surface area contributed by atoms with Crippen molar-refractivity contribution in [2.75, 3.05) is 13.1 Å². The van der Waals surface area contributed by atoms with Gasteiger partial charge in [0.25, 0.3) is 0 Å². The van der Waals surface area contributed by atoms with Crippen LogP contribution in [0.3, 0.4) is 0 Å². The van der Waals surface area contributed by atoms with Crippen LogP contribution in [-0.2, 0) is 11.0 Å². The first-order valence-electron chi connectivity index (χ1n) is 8.29. The number of piperidine rings is 1. The fourth-order valence-corrected chi connectivity index (χ4v) is 4.12. The molecule has 0 spiro atoms. The molecule has 0 saturated carbocycles. The molecule has 1 aliphatic heterocycles. The van der Waals surface area contributed by atoms with Crippen molar-refractivity contribution in [1.82, 2.24) is 4.90 Å². The van der Waals surface area contributed by atoms with Crippen LogP contribution in [0.25, 0.3) is 0 Å². The number of hydrogen-bond donors (Lipinski definition) is 1. The second-order valence-electron chi connectivity index (χ2n) is 8.07. The van der Waals surface area contributed by atoms with E-state index in [1.165, 1.54) is 5.56 Å². The molecule has 1 fully saturated rings. The number of aliphatic hydroxyl groups excluding tert-OH is 1. The number of benzene rings is 1. The Morgan fingerprint density at radius 2 is 1.82 bits per heavy atom. The van der Waals surface area contributed by atoms with E-state index in [1.54, 1.807) is 0 Å². The van der Waals surface area contributed by atoms with Crippen molar-refractivity contribution in [2.24, 2.45) is 0 Å². The van der Waals surface area contributed by atoms with Gasteiger partial charge < -0.3 is 9.53 Å². The molecule has 1 heterocycles. The van der Waals surface area contributed by atoms with Gasteiger partial charge in [0.15, 0.2) is 8.32 Å². The second-order valence-corrected chi connectivity index (χ2v) is 12.8. The van der Waals surface area contributed by atoms with Gasteiger partial charge in [-0.1, -0.05) is 51.1 Å². The van der Waals surface area contributed by atoms with Crippen molar-refractivity contribution >= 4 is 8.32 Å². The summed E-state index contributed by atoms with van der Waals surface area (Å²) < 4.78 is 6.52. The molecule has 1 aromatic carbocycles. The maximum atomic E-state index is 10.2. The highest BCUT2D eigenvalue weighted by molar-refractivity contribution is 6.74. The Balaban J connectivity index is 1.99. The molecule has 0 aromatic heterocycles. The van der Waals surface area contributed by atoms with E-state index in [-0.39, 0.29) is 17.2 Å². The maximum absolute atomic E-state index is 10.2. The number of rotatable bonds is 4. The normalized spacial score (nSPS) is 24.5. The monoisotopic (exact) mass is 321 g/mol. The summed E-state index contributed by atoms with van der Waals surface area (Å²) in [7, 11) is -1.78. The molecule has 0 unspecified atom stereocenters. The van der Waals surface area contributed by atoms with Gasteiger partial charge in [-0.15, -0.1) is 0 Å². The molecule has 2 atom stereocenters. The van der Waals surface area contributed by atoms with Crippen molar-refractivity contribution in [2.45, 2.75) is 64.1 Å². The molecule has 2 rings (SSSR count). The minimum absolute atomic E-state index is 0.147. The van der Waals surface area contributed by atoms with E-state index >= 15 is 0 Å². The van der Waals surface area contributed by atoms with Gasteiger partial charge in [-0.25, -0.2) is 0 Å². The van der Waals surface area contributed by atoms with E-state index in [1.807, 2.05) is 6.07 Å². The van der Waals surface area contributed by atoms with Gasteiger partial charge in [-0.05, 0) is 23.7 Å². The summed E-state index contributed by atoms with van der Waals surface area (Å²) in [6, 6.07) is 10.5. The number of likely N-dealkylation sites (tertiary alicyclic amines) is 1. The zero-order valence-corrected chi connectivity index (χ0v) is 15.7. The smallest absolute Gasteiger partial charge is 0.192 e. The Morgan fingerprint density at radius 3 is 2.41 bits per heavy atom. The van der Waals surface area contributed by atoms with Gasteiger partial charge in [-0.3, -0.25) is 4.90 Å². The lowest BCUT2D eigenvalue weighted by molar-refractivity contribution is -0.00567. The third-order valence-corrected chi connectivity index (χ3v) is 9.52. The van der Waals surface area contributed by atoms with Crippen LogP contribution in [0, 0.1) is 0 Å². The first-order valence-corrected chi connectivity index (χ1v) is 11.2. The minimum atomic E-state index is -1.78. The molecule has 22 heavy (non-hydrogen) atoms. The third-order valence-electron chi connectivity index (χ3n) is 4.98. The van der Waals surface area contributed by atoms with E-state index < -0.39 is 8.32 Å². The Hall–Kier alpha value is -0.683. The maximum Gasteiger partial charge on any atom is 0.192 e. The molecule has 1 aliphatic rings. The van der Waals surface area contributed by atoms with Crippen LogP contribution < -0.4 is 0 Å². The summed E-state index contributed by atoms with van der Waals surface area (Å²) in [6.45, 7) is 13.9. The highest BCUT2D eigenvalue weighted by Crippen LogP contribution is 2.38.